The number of fused-ring (bicyclic) bond motifs is 1. The lowest BCUT2D eigenvalue weighted by Crippen LogP contribution is -2.31. The van der Waals surface area contributed by atoms with Crippen molar-refractivity contribution in [1.29, 1.82) is 0 Å². The van der Waals surface area contributed by atoms with Gasteiger partial charge >= 0.3 is 0 Å². The maximum Gasteiger partial charge on any atom is 0.294 e. The van der Waals surface area contributed by atoms with Crippen molar-refractivity contribution in [3.8, 4) is 11.5 Å². The van der Waals surface area contributed by atoms with Crippen molar-refractivity contribution in [3.63, 3.8) is 0 Å². The summed E-state index contributed by atoms with van der Waals surface area (Å²) in [6, 6.07) is 17.4. The summed E-state index contributed by atoms with van der Waals surface area (Å²) in [5, 5.41) is 12.5. The average Bonchev–Trinajstić information content (AvgIpc) is 3.43. The number of rotatable bonds is 7. The predicted octanol–water partition coefficient (Wildman–Crippen LogP) is 6.93. The first-order valence-corrected chi connectivity index (χ1v) is 12.1. The number of Topliss-reactive ketones (excluding diaryl/α,β-unsaturated/α-hetero) is 1. The molecule has 0 bridgehead atoms. The number of carbonyl (C=O) groups is 2. The molecular formula is C28H21Cl2NO6. The molecule has 5 rings (SSSR count). The molecule has 2 heterocycles. The number of nitrogens with zero attached hydrogens (tertiary/aromatic N) is 1. The average molecular weight is 538 g/mol. The summed E-state index contributed by atoms with van der Waals surface area (Å²) in [7, 11) is 1.46. The van der Waals surface area contributed by atoms with Gasteiger partial charge in [-0.1, -0.05) is 41.4 Å². The zero-order valence-corrected chi connectivity index (χ0v) is 21.3. The van der Waals surface area contributed by atoms with Crippen molar-refractivity contribution in [2.45, 2.75) is 13.0 Å². The van der Waals surface area contributed by atoms with Crippen LogP contribution in [0.25, 0.3) is 11.0 Å². The molecule has 7 nitrogen and oxygen atoms in total. The number of aliphatic hydroxyl groups is 1. The standard InChI is InChI=1S/C28H21Cl2NO6/c1-3-36-20-6-4-5-19(14-20)31-24(15-7-9-17(29)10-8-15)23(26(33)28(31)34)25(32)21-12-16-11-18(30)13-22(35-2)27(16)37-21/h4-14,24,33H,3H2,1-2H3. The molecule has 1 aliphatic heterocycles. The Kier molecular flexibility index (Phi) is 6.58. The number of benzene rings is 3. The molecule has 0 radical (unpaired) electrons. The maximum atomic E-state index is 13.8. The highest BCUT2D eigenvalue weighted by molar-refractivity contribution is 6.31. The second kappa shape index (κ2) is 9.84. The Morgan fingerprint density at radius 1 is 1.05 bits per heavy atom. The lowest BCUT2D eigenvalue weighted by atomic mass is 9.94. The smallest absolute Gasteiger partial charge is 0.294 e. The van der Waals surface area contributed by atoms with Crippen LogP contribution in [0.3, 0.4) is 0 Å². The fraction of sp³-hybridized carbons (Fsp3) is 0.143. The van der Waals surface area contributed by atoms with Crippen molar-refractivity contribution in [1.82, 2.24) is 0 Å². The first-order valence-electron chi connectivity index (χ1n) is 11.4. The molecule has 1 amide bonds. The Morgan fingerprint density at radius 2 is 1.81 bits per heavy atom. The van der Waals surface area contributed by atoms with E-state index in [1.807, 2.05) is 6.92 Å². The molecule has 3 aromatic carbocycles. The predicted molar refractivity (Wildman–Crippen MR) is 141 cm³/mol. The zero-order valence-electron chi connectivity index (χ0n) is 19.8. The van der Waals surface area contributed by atoms with E-state index in [4.69, 9.17) is 37.1 Å². The van der Waals surface area contributed by atoms with Gasteiger partial charge in [0.15, 0.2) is 22.9 Å². The summed E-state index contributed by atoms with van der Waals surface area (Å²) in [4.78, 5) is 28.6. The third kappa shape index (κ3) is 4.41. The summed E-state index contributed by atoms with van der Waals surface area (Å²) < 4.78 is 16.8. The molecule has 37 heavy (non-hydrogen) atoms. The van der Waals surface area contributed by atoms with E-state index in [1.165, 1.54) is 18.1 Å². The second-order valence-corrected chi connectivity index (χ2v) is 9.16. The van der Waals surface area contributed by atoms with Crippen LogP contribution in [0.5, 0.6) is 11.5 Å². The van der Waals surface area contributed by atoms with Crippen molar-refractivity contribution in [2.75, 3.05) is 18.6 Å². The van der Waals surface area contributed by atoms with E-state index in [1.54, 1.807) is 60.7 Å². The largest absolute Gasteiger partial charge is 0.503 e. The SMILES string of the molecule is CCOc1cccc(N2C(=O)C(O)=C(C(=O)c3cc4cc(Cl)cc(OC)c4o3)C2c2ccc(Cl)cc2)c1. The summed E-state index contributed by atoms with van der Waals surface area (Å²) in [5.41, 5.74) is 1.22. The second-order valence-electron chi connectivity index (χ2n) is 8.29. The van der Waals surface area contributed by atoms with Gasteiger partial charge in [0.2, 0.25) is 5.78 Å². The van der Waals surface area contributed by atoms with Crippen molar-refractivity contribution in [3.05, 3.63) is 99.4 Å². The molecule has 0 spiro atoms. The fourth-order valence-electron chi connectivity index (χ4n) is 4.44. The molecule has 0 fully saturated rings. The minimum absolute atomic E-state index is 0.0752. The van der Waals surface area contributed by atoms with Gasteiger partial charge in [-0.05, 0) is 48.9 Å². The van der Waals surface area contributed by atoms with Crippen LogP contribution in [0.15, 0.2) is 82.5 Å². The molecule has 1 N–H and O–H groups in total. The fourth-order valence-corrected chi connectivity index (χ4v) is 4.78. The van der Waals surface area contributed by atoms with Gasteiger partial charge in [0.1, 0.15) is 5.75 Å². The van der Waals surface area contributed by atoms with E-state index >= 15 is 0 Å². The molecule has 1 unspecified atom stereocenters. The molecule has 9 heteroatoms. The van der Waals surface area contributed by atoms with Gasteiger partial charge in [-0.3, -0.25) is 14.5 Å². The van der Waals surface area contributed by atoms with Gasteiger partial charge in [-0.2, -0.15) is 0 Å². The highest BCUT2D eigenvalue weighted by atomic mass is 35.5. The van der Waals surface area contributed by atoms with Crippen LogP contribution in [-0.2, 0) is 4.79 Å². The molecular weight excluding hydrogens is 517 g/mol. The van der Waals surface area contributed by atoms with E-state index in [0.29, 0.717) is 50.4 Å². The van der Waals surface area contributed by atoms with Crippen molar-refractivity contribution in [2.24, 2.45) is 0 Å². The Balaban J connectivity index is 1.65. The zero-order chi connectivity index (χ0) is 26.3. The summed E-state index contributed by atoms with van der Waals surface area (Å²) >= 11 is 12.3. The van der Waals surface area contributed by atoms with Crippen LogP contribution in [0.4, 0.5) is 5.69 Å². The molecule has 0 saturated heterocycles. The van der Waals surface area contributed by atoms with Crippen molar-refractivity contribution >= 4 is 51.5 Å². The number of aliphatic hydroxyl groups excluding tert-OH is 1. The number of furan rings is 1. The maximum absolute atomic E-state index is 13.8. The van der Waals surface area contributed by atoms with Gasteiger partial charge in [-0.15, -0.1) is 0 Å². The number of anilines is 1. The third-order valence-corrected chi connectivity index (χ3v) is 6.51. The molecule has 1 aliphatic rings. The number of methoxy groups -OCH3 is 1. The molecule has 0 aliphatic carbocycles. The Bertz CT molecular complexity index is 1560. The number of amides is 1. The van der Waals surface area contributed by atoms with Crippen LogP contribution < -0.4 is 14.4 Å². The minimum atomic E-state index is -0.951. The van der Waals surface area contributed by atoms with Crippen molar-refractivity contribution < 1.29 is 28.6 Å². The van der Waals surface area contributed by atoms with E-state index in [2.05, 4.69) is 0 Å². The Hall–Kier alpha value is -3.94. The lowest BCUT2D eigenvalue weighted by Gasteiger charge is -2.27. The highest BCUT2D eigenvalue weighted by Crippen LogP contribution is 2.43. The Morgan fingerprint density at radius 3 is 2.51 bits per heavy atom. The van der Waals surface area contributed by atoms with Gasteiger partial charge in [0, 0.05) is 33.3 Å². The first kappa shape index (κ1) is 24.7. The first-order chi connectivity index (χ1) is 17.8. The van der Waals surface area contributed by atoms with Gasteiger partial charge < -0.3 is 19.0 Å². The van der Waals surface area contributed by atoms with E-state index in [0.717, 1.165) is 0 Å². The van der Waals surface area contributed by atoms with Crippen LogP contribution in [0.2, 0.25) is 10.0 Å². The van der Waals surface area contributed by atoms with Crippen LogP contribution >= 0.6 is 23.2 Å². The van der Waals surface area contributed by atoms with E-state index < -0.39 is 23.5 Å². The van der Waals surface area contributed by atoms with Crippen LogP contribution in [0.1, 0.15) is 29.1 Å². The van der Waals surface area contributed by atoms with Crippen LogP contribution in [0, 0.1) is 0 Å². The molecule has 4 aromatic rings. The number of ketones is 1. The third-order valence-electron chi connectivity index (χ3n) is 6.04. The molecule has 1 aromatic heterocycles. The quantitative estimate of drug-likeness (QED) is 0.257. The van der Waals surface area contributed by atoms with Crippen LogP contribution in [-0.4, -0.2) is 30.5 Å². The molecule has 0 saturated carbocycles. The number of hydrogen-bond acceptors (Lipinski definition) is 6. The van der Waals surface area contributed by atoms with Gasteiger partial charge in [0.25, 0.3) is 5.91 Å². The molecule has 1 atom stereocenters. The Labute approximate surface area is 222 Å². The topological polar surface area (TPSA) is 89.2 Å². The lowest BCUT2D eigenvalue weighted by molar-refractivity contribution is -0.117. The number of hydrogen-bond donors (Lipinski definition) is 1. The number of carbonyl (C=O) groups excluding carboxylic acids is 2. The summed E-state index contributed by atoms with van der Waals surface area (Å²) in [6.45, 7) is 2.29. The highest BCUT2D eigenvalue weighted by Gasteiger charge is 2.45. The van der Waals surface area contributed by atoms with Gasteiger partial charge in [-0.25, -0.2) is 0 Å². The van der Waals surface area contributed by atoms with Gasteiger partial charge in [0.05, 0.1) is 25.3 Å². The van der Waals surface area contributed by atoms with E-state index in [9.17, 15) is 14.7 Å². The normalized spacial score (nSPS) is 15.5. The molecule has 188 valence electrons. The number of ether oxygens (including phenoxy) is 2. The summed E-state index contributed by atoms with van der Waals surface area (Å²) in [5.74, 6) is -1.22. The number of halogens is 2. The summed E-state index contributed by atoms with van der Waals surface area (Å²) in [6.07, 6.45) is 0. The minimum Gasteiger partial charge on any atom is -0.503 e. The monoisotopic (exact) mass is 537 g/mol. The van der Waals surface area contributed by atoms with E-state index in [-0.39, 0.29) is 11.3 Å².